The van der Waals surface area contributed by atoms with Gasteiger partial charge in [-0.25, -0.2) is 0 Å². The second kappa shape index (κ2) is 8.20. The van der Waals surface area contributed by atoms with Gasteiger partial charge in [0.05, 0.1) is 11.1 Å². The summed E-state index contributed by atoms with van der Waals surface area (Å²) in [4.78, 5) is 24.2. The number of rotatable bonds is 4. The van der Waals surface area contributed by atoms with Crippen LogP contribution in [-0.4, -0.2) is 37.6 Å². The molecule has 32 heavy (non-hydrogen) atoms. The molecule has 0 spiro atoms. The molecule has 162 valence electrons. The Kier molecular flexibility index (Phi) is 5.22. The van der Waals surface area contributed by atoms with E-state index in [0.29, 0.717) is 46.1 Å². The molecule has 0 aliphatic carbocycles. The topological polar surface area (TPSA) is 98.2 Å². The van der Waals surface area contributed by atoms with Crippen LogP contribution in [0.5, 0.6) is 0 Å². The Morgan fingerprint density at radius 3 is 2.66 bits per heavy atom. The largest absolute Gasteiger partial charge is 0.337 e. The zero-order chi connectivity index (χ0) is 22.2. The smallest absolute Gasteiger partial charge is 0.258 e. The molecular formula is C23H20ClN5O3. The highest BCUT2D eigenvalue weighted by Gasteiger charge is 2.36. The number of hydrogen-bond donors (Lipinski definition) is 0. The van der Waals surface area contributed by atoms with Gasteiger partial charge >= 0.3 is 0 Å². The first kappa shape index (κ1) is 20.4. The van der Waals surface area contributed by atoms with E-state index in [1.54, 1.807) is 24.0 Å². The lowest BCUT2D eigenvalue weighted by molar-refractivity contribution is 0.0710. The predicted octanol–water partition coefficient (Wildman–Crippen LogP) is 5.03. The Hall–Kier alpha value is -3.52. The molecule has 0 radical (unpaired) electrons. The molecule has 1 amide bonds. The lowest BCUT2D eigenvalue weighted by Crippen LogP contribution is -2.31. The lowest BCUT2D eigenvalue weighted by atomic mass is 10.1. The minimum Gasteiger partial charge on any atom is -0.337 e. The number of benzene rings is 2. The van der Waals surface area contributed by atoms with Crippen LogP contribution in [0.15, 0.2) is 51.5 Å². The third kappa shape index (κ3) is 3.56. The van der Waals surface area contributed by atoms with Gasteiger partial charge in [-0.2, -0.15) is 9.97 Å². The molecule has 3 heterocycles. The molecule has 4 aromatic rings. The summed E-state index contributed by atoms with van der Waals surface area (Å²) >= 11 is 6.24. The number of carbonyl (C=O) groups is 1. The predicted molar refractivity (Wildman–Crippen MR) is 117 cm³/mol. The van der Waals surface area contributed by atoms with Gasteiger partial charge in [0.2, 0.25) is 11.7 Å². The maximum Gasteiger partial charge on any atom is 0.258 e. The summed E-state index contributed by atoms with van der Waals surface area (Å²) in [6.45, 7) is 4.24. The van der Waals surface area contributed by atoms with Crippen molar-refractivity contribution in [2.45, 2.75) is 32.7 Å². The first-order valence-electron chi connectivity index (χ1n) is 10.3. The number of likely N-dealkylation sites (tertiary alicyclic amines) is 1. The van der Waals surface area contributed by atoms with Crippen molar-refractivity contribution in [3.63, 3.8) is 0 Å². The summed E-state index contributed by atoms with van der Waals surface area (Å²) in [7, 11) is 0. The Bertz CT molecular complexity index is 1300. The highest BCUT2D eigenvalue weighted by atomic mass is 35.5. The fourth-order valence-electron chi connectivity index (χ4n) is 4.01. The highest BCUT2D eigenvalue weighted by molar-refractivity contribution is 6.31. The summed E-state index contributed by atoms with van der Waals surface area (Å²) in [5.41, 5.74) is 2.78. The number of halogens is 1. The molecule has 0 bridgehead atoms. The molecule has 8 nitrogen and oxygen atoms in total. The Morgan fingerprint density at radius 2 is 1.84 bits per heavy atom. The fourth-order valence-corrected chi connectivity index (χ4v) is 4.19. The van der Waals surface area contributed by atoms with Crippen LogP contribution < -0.4 is 0 Å². The molecule has 2 aromatic carbocycles. The number of hydrogen-bond acceptors (Lipinski definition) is 7. The van der Waals surface area contributed by atoms with Gasteiger partial charge in [-0.1, -0.05) is 46.2 Å². The molecule has 0 N–H and O–H groups in total. The molecule has 1 aliphatic heterocycles. The van der Waals surface area contributed by atoms with Crippen LogP contribution >= 0.6 is 11.6 Å². The molecule has 1 atom stereocenters. The van der Waals surface area contributed by atoms with Gasteiger partial charge in [0.1, 0.15) is 6.04 Å². The number of amides is 1. The van der Waals surface area contributed by atoms with E-state index in [9.17, 15) is 4.79 Å². The Morgan fingerprint density at radius 1 is 1.03 bits per heavy atom. The molecule has 1 aliphatic rings. The number of nitrogens with zero attached hydrogens (tertiary/aromatic N) is 5. The van der Waals surface area contributed by atoms with Gasteiger partial charge in [0.25, 0.3) is 11.8 Å². The van der Waals surface area contributed by atoms with E-state index in [1.807, 2.05) is 37.3 Å². The van der Waals surface area contributed by atoms with E-state index in [1.165, 1.54) is 0 Å². The zero-order valence-corrected chi connectivity index (χ0v) is 18.3. The molecule has 1 unspecified atom stereocenters. The van der Waals surface area contributed by atoms with Gasteiger partial charge in [0.15, 0.2) is 5.82 Å². The molecule has 1 saturated heterocycles. The normalized spacial score (nSPS) is 16.0. The molecule has 1 fully saturated rings. The molecule has 2 aromatic heterocycles. The number of aromatic nitrogens is 4. The van der Waals surface area contributed by atoms with E-state index in [-0.39, 0.29) is 11.9 Å². The summed E-state index contributed by atoms with van der Waals surface area (Å²) in [6, 6.07) is 12.5. The van der Waals surface area contributed by atoms with Crippen molar-refractivity contribution in [2.75, 3.05) is 6.54 Å². The number of carbonyl (C=O) groups excluding carboxylic acids is 1. The first-order chi connectivity index (χ1) is 15.5. The van der Waals surface area contributed by atoms with Crippen LogP contribution in [0.4, 0.5) is 0 Å². The Labute approximate surface area is 189 Å². The van der Waals surface area contributed by atoms with E-state index in [4.69, 9.17) is 20.6 Å². The Balaban J connectivity index is 1.46. The SMILES string of the molecule is Cc1noc(-c2ccccc2C(=O)N2CCCC2c2nc(-c3cccc(Cl)c3C)no2)n1. The fraction of sp³-hybridized carbons (Fsp3) is 0.261. The van der Waals surface area contributed by atoms with Crippen LogP contribution in [0.2, 0.25) is 5.02 Å². The molecule has 5 rings (SSSR count). The quantitative estimate of drug-likeness (QED) is 0.430. The summed E-state index contributed by atoms with van der Waals surface area (Å²) < 4.78 is 10.9. The minimum atomic E-state index is -0.305. The van der Waals surface area contributed by atoms with Gasteiger partial charge in [0, 0.05) is 17.1 Å². The van der Waals surface area contributed by atoms with Crippen LogP contribution in [-0.2, 0) is 0 Å². The van der Waals surface area contributed by atoms with Crippen molar-refractivity contribution in [3.8, 4) is 22.8 Å². The summed E-state index contributed by atoms with van der Waals surface area (Å²) in [5, 5.41) is 8.63. The highest BCUT2D eigenvalue weighted by Crippen LogP contribution is 2.35. The van der Waals surface area contributed by atoms with Crippen molar-refractivity contribution >= 4 is 17.5 Å². The van der Waals surface area contributed by atoms with E-state index in [2.05, 4.69) is 20.3 Å². The molecular weight excluding hydrogens is 430 g/mol. The summed E-state index contributed by atoms with van der Waals surface area (Å²) in [5.74, 6) is 1.56. The second-order valence-corrected chi connectivity index (χ2v) is 8.12. The minimum absolute atomic E-state index is 0.141. The number of aryl methyl sites for hydroxylation is 1. The first-order valence-corrected chi connectivity index (χ1v) is 10.7. The van der Waals surface area contributed by atoms with Crippen molar-refractivity contribution in [1.29, 1.82) is 0 Å². The van der Waals surface area contributed by atoms with Crippen molar-refractivity contribution in [1.82, 2.24) is 25.2 Å². The van der Waals surface area contributed by atoms with Crippen molar-refractivity contribution < 1.29 is 13.8 Å². The van der Waals surface area contributed by atoms with Gasteiger partial charge < -0.3 is 13.9 Å². The second-order valence-electron chi connectivity index (χ2n) is 7.72. The standard InChI is InChI=1S/C23H20ClN5O3/c1-13-15(9-5-10-18(13)24)20-26-22(32-28-20)19-11-6-12-29(19)23(30)17-8-4-3-7-16(17)21-25-14(2)27-31-21/h3-5,7-10,19H,6,11-12H2,1-2H3. The third-order valence-corrected chi connectivity index (χ3v) is 6.07. The average Bonchev–Trinajstić information content (AvgIpc) is 3.55. The summed E-state index contributed by atoms with van der Waals surface area (Å²) in [6.07, 6.45) is 1.58. The van der Waals surface area contributed by atoms with Crippen molar-refractivity contribution in [3.05, 3.63) is 70.3 Å². The van der Waals surface area contributed by atoms with Crippen LogP contribution in [0.3, 0.4) is 0 Å². The van der Waals surface area contributed by atoms with E-state index in [0.717, 1.165) is 24.0 Å². The monoisotopic (exact) mass is 449 g/mol. The molecule has 0 saturated carbocycles. The zero-order valence-electron chi connectivity index (χ0n) is 17.6. The maximum atomic E-state index is 13.5. The lowest BCUT2D eigenvalue weighted by Gasteiger charge is -2.22. The van der Waals surface area contributed by atoms with Crippen LogP contribution in [0.1, 0.15) is 46.5 Å². The van der Waals surface area contributed by atoms with E-state index < -0.39 is 0 Å². The van der Waals surface area contributed by atoms with Crippen molar-refractivity contribution in [2.24, 2.45) is 0 Å². The van der Waals surface area contributed by atoms with Gasteiger partial charge in [-0.15, -0.1) is 0 Å². The maximum absolute atomic E-state index is 13.5. The third-order valence-electron chi connectivity index (χ3n) is 5.66. The van der Waals surface area contributed by atoms with Crippen LogP contribution in [0.25, 0.3) is 22.8 Å². The van der Waals surface area contributed by atoms with E-state index >= 15 is 0 Å². The average molecular weight is 450 g/mol. The molecule has 9 heteroatoms. The van der Waals surface area contributed by atoms with Gasteiger partial charge in [-0.05, 0) is 50.5 Å². The van der Waals surface area contributed by atoms with Gasteiger partial charge in [-0.3, -0.25) is 4.79 Å². The van der Waals surface area contributed by atoms with Crippen LogP contribution in [0, 0.1) is 13.8 Å².